The maximum Gasteiger partial charge on any atom is 0.431 e. The summed E-state index contributed by atoms with van der Waals surface area (Å²) in [7, 11) is 0. The first kappa shape index (κ1) is 9.77. The van der Waals surface area contributed by atoms with Crippen LogP contribution < -0.4 is 0 Å². The second-order valence-electron chi connectivity index (χ2n) is 3.80. The van der Waals surface area contributed by atoms with Gasteiger partial charge in [0.2, 0.25) is 17.4 Å². The van der Waals surface area contributed by atoms with Crippen LogP contribution in [0, 0.1) is 0 Å². The summed E-state index contributed by atoms with van der Waals surface area (Å²) >= 11 is 6.85. The van der Waals surface area contributed by atoms with Gasteiger partial charge in [-0.3, -0.25) is 4.20 Å². The molecular formula is C12H6O2PS2+. The lowest BCUT2D eigenvalue weighted by atomic mass is 10.1. The minimum atomic E-state index is -1.03. The average molecular weight is 277 g/mol. The number of hydrogen-bond donors (Lipinski definition) is 0. The smallest absolute Gasteiger partial charge is 0.395 e. The summed E-state index contributed by atoms with van der Waals surface area (Å²) in [4.78, 5) is 0. The highest BCUT2D eigenvalue weighted by Gasteiger charge is 2.20. The summed E-state index contributed by atoms with van der Waals surface area (Å²) in [5.41, 5.74) is 1.80. The van der Waals surface area contributed by atoms with Crippen molar-refractivity contribution in [2.75, 3.05) is 0 Å². The second-order valence-corrected chi connectivity index (χ2v) is 6.71. The fraction of sp³-hybridized carbons (Fsp3) is 0. The molecule has 0 bridgehead atoms. The largest absolute Gasteiger partial charge is 0.431 e. The van der Waals surface area contributed by atoms with Gasteiger partial charge < -0.3 is 3.85 Å². The summed E-state index contributed by atoms with van der Waals surface area (Å²) < 4.78 is 12.4. The van der Waals surface area contributed by atoms with Gasteiger partial charge in [-0.15, -0.1) is 0 Å². The minimum Gasteiger partial charge on any atom is -0.395 e. The minimum absolute atomic E-state index is 0.882. The van der Waals surface area contributed by atoms with E-state index in [0.717, 1.165) is 31.8 Å². The highest BCUT2D eigenvalue weighted by atomic mass is 32.4. The molecule has 5 heteroatoms. The van der Waals surface area contributed by atoms with Gasteiger partial charge in [0.15, 0.2) is 5.58 Å². The Hall–Kier alpha value is -1.22. The van der Waals surface area contributed by atoms with Crippen LogP contribution in [-0.4, -0.2) is 0 Å². The van der Waals surface area contributed by atoms with Crippen molar-refractivity contribution >= 4 is 61.7 Å². The molecule has 4 rings (SSSR count). The van der Waals surface area contributed by atoms with E-state index in [9.17, 15) is 0 Å². The van der Waals surface area contributed by atoms with Gasteiger partial charge in [0.25, 0.3) is 5.12 Å². The normalized spacial score (nSPS) is 12.8. The molecule has 0 fully saturated rings. The van der Waals surface area contributed by atoms with Crippen LogP contribution in [-0.2, 0) is 0 Å². The third-order valence-corrected chi connectivity index (χ3v) is 5.55. The molecule has 2 nitrogen and oxygen atoms in total. The van der Waals surface area contributed by atoms with E-state index < -0.39 is 6.55 Å². The van der Waals surface area contributed by atoms with Crippen LogP contribution in [0.4, 0.5) is 0 Å². The van der Waals surface area contributed by atoms with Gasteiger partial charge in [-0.05, 0) is 18.2 Å². The molecule has 0 N–H and O–H groups in total. The Morgan fingerprint density at radius 3 is 2.76 bits per heavy atom. The summed E-state index contributed by atoms with van der Waals surface area (Å²) in [6, 6.07) is 12.2. The average Bonchev–Trinajstić information content (AvgIpc) is 2.30. The topological polar surface area (TPSA) is 26.3 Å². The molecule has 0 saturated heterocycles. The Morgan fingerprint density at radius 1 is 1.06 bits per heavy atom. The van der Waals surface area contributed by atoms with E-state index in [1.165, 1.54) is 11.6 Å². The molecule has 82 valence electrons. The predicted molar refractivity (Wildman–Crippen MR) is 75.9 cm³/mol. The lowest BCUT2D eigenvalue weighted by molar-refractivity contribution is 0.737. The van der Waals surface area contributed by atoms with Gasteiger partial charge in [0, 0.05) is 22.4 Å². The number of fused-ring (bicyclic) bond motifs is 5. The molecular weight excluding hydrogens is 271 g/mol. The number of benzene rings is 2. The standard InChI is InChI=1S/C12H6O2PS2/c16-15-12-8(5-6-10-11(12)14-17-10)7-3-1-2-4-9(7)13-15/h1-6H/q+1. The number of rotatable bonds is 0. The fourth-order valence-corrected chi connectivity index (χ4v) is 4.70. The van der Waals surface area contributed by atoms with Crippen molar-refractivity contribution in [3.63, 3.8) is 0 Å². The maximum atomic E-state index is 5.82. The van der Waals surface area contributed by atoms with E-state index in [2.05, 4.69) is 18.2 Å². The van der Waals surface area contributed by atoms with E-state index in [4.69, 9.17) is 19.9 Å². The van der Waals surface area contributed by atoms with E-state index in [1.807, 2.05) is 18.2 Å². The molecule has 0 aliphatic carbocycles. The van der Waals surface area contributed by atoms with Gasteiger partial charge in [0.05, 0.1) is 0 Å². The molecule has 0 saturated carbocycles. The van der Waals surface area contributed by atoms with Crippen molar-refractivity contribution in [2.45, 2.75) is 0 Å². The van der Waals surface area contributed by atoms with Gasteiger partial charge >= 0.3 is 6.55 Å². The SMILES string of the molecule is S=[p+]1oc2ccccc2c2ccc3soc3c21. The van der Waals surface area contributed by atoms with Crippen LogP contribution >= 0.6 is 30.0 Å². The summed E-state index contributed by atoms with van der Waals surface area (Å²) in [5.74, 6) is 0. The van der Waals surface area contributed by atoms with Crippen molar-refractivity contribution in [3.8, 4) is 0 Å². The zero-order chi connectivity index (χ0) is 11.4. The van der Waals surface area contributed by atoms with Gasteiger partial charge in [-0.2, -0.15) is 0 Å². The van der Waals surface area contributed by atoms with E-state index in [0.29, 0.717) is 0 Å². The maximum absolute atomic E-state index is 5.82. The van der Waals surface area contributed by atoms with Crippen LogP contribution in [0.2, 0.25) is 0 Å². The van der Waals surface area contributed by atoms with E-state index in [1.54, 1.807) is 0 Å². The lowest BCUT2D eigenvalue weighted by Gasteiger charge is -2.00. The van der Waals surface area contributed by atoms with E-state index >= 15 is 0 Å². The van der Waals surface area contributed by atoms with Crippen LogP contribution in [0.3, 0.4) is 0 Å². The molecule has 1 unspecified atom stereocenters. The van der Waals surface area contributed by atoms with Gasteiger partial charge in [-0.1, -0.05) is 18.2 Å². The Morgan fingerprint density at radius 2 is 1.94 bits per heavy atom. The molecule has 1 atom stereocenters. The molecule has 4 aromatic rings. The van der Waals surface area contributed by atoms with Crippen molar-refractivity contribution in [1.29, 1.82) is 0 Å². The monoisotopic (exact) mass is 277 g/mol. The van der Waals surface area contributed by atoms with Crippen LogP contribution in [0.15, 0.2) is 44.4 Å². The molecule has 2 aromatic carbocycles. The Bertz CT molecular complexity index is 916. The summed E-state index contributed by atoms with van der Waals surface area (Å²) in [5, 5.41) is 3.33. The molecule has 0 amide bonds. The van der Waals surface area contributed by atoms with Gasteiger partial charge in [-0.25, -0.2) is 0 Å². The highest BCUT2D eigenvalue weighted by molar-refractivity contribution is 8.14. The molecule has 0 spiro atoms. The zero-order valence-electron chi connectivity index (χ0n) is 8.54. The first-order valence-corrected chi connectivity index (χ1v) is 8.12. The van der Waals surface area contributed by atoms with Crippen LogP contribution in [0.1, 0.15) is 0 Å². The molecule has 0 radical (unpaired) electrons. The molecule has 0 aliphatic heterocycles. The summed E-state index contributed by atoms with van der Waals surface area (Å²) in [6.07, 6.45) is 0. The van der Waals surface area contributed by atoms with Crippen LogP contribution in [0.5, 0.6) is 0 Å². The lowest BCUT2D eigenvalue weighted by Crippen LogP contribution is -1.77. The van der Waals surface area contributed by atoms with Crippen molar-refractivity contribution in [3.05, 3.63) is 36.4 Å². The first-order valence-electron chi connectivity index (χ1n) is 5.11. The Kier molecular flexibility index (Phi) is 1.95. The van der Waals surface area contributed by atoms with E-state index in [-0.39, 0.29) is 0 Å². The van der Waals surface area contributed by atoms with Crippen molar-refractivity contribution in [2.24, 2.45) is 0 Å². The third-order valence-electron chi connectivity index (χ3n) is 2.85. The molecule has 0 aliphatic rings. The third kappa shape index (κ3) is 1.26. The zero-order valence-corrected chi connectivity index (χ0v) is 11.1. The summed E-state index contributed by atoms with van der Waals surface area (Å²) in [6.45, 7) is -1.03. The molecule has 2 aromatic heterocycles. The quantitative estimate of drug-likeness (QED) is 0.374. The molecule has 2 heterocycles. The Labute approximate surface area is 106 Å². The molecule has 17 heavy (non-hydrogen) atoms. The highest BCUT2D eigenvalue weighted by Crippen LogP contribution is 2.43. The van der Waals surface area contributed by atoms with Crippen LogP contribution in [0.25, 0.3) is 31.8 Å². The predicted octanol–water partition coefficient (Wildman–Crippen LogP) is 5.90. The Balaban J connectivity index is 2.42. The van der Waals surface area contributed by atoms with Gasteiger partial charge in [0.1, 0.15) is 4.70 Å². The first-order chi connectivity index (χ1) is 8.34. The fourth-order valence-electron chi connectivity index (χ4n) is 2.05. The number of para-hydroxylation sites is 1. The number of hydrogen-bond acceptors (Lipinski definition) is 4. The second kappa shape index (κ2) is 3.39. The van der Waals surface area contributed by atoms with Crippen molar-refractivity contribution < 1.29 is 8.05 Å². The van der Waals surface area contributed by atoms with Crippen molar-refractivity contribution in [1.82, 2.24) is 0 Å².